The normalized spacial score (nSPS) is 23.0. The minimum Gasteiger partial charge on any atom is -0.312 e. The monoisotopic (exact) mass is 298 g/mol. The molecular formula is C19H26N2O. The first-order chi connectivity index (χ1) is 10.7. The average Bonchev–Trinajstić information content (AvgIpc) is 3.00. The molecule has 2 atom stereocenters. The maximum absolute atomic E-state index is 11.8. The minimum atomic E-state index is 0.254. The summed E-state index contributed by atoms with van der Waals surface area (Å²) in [7, 11) is 0. The van der Waals surface area contributed by atoms with Crippen LogP contribution in [0, 0.1) is 5.92 Å². The molecule has 1 aliphatic carbocycles. The van der Waals surface area contributed by atoms with Gasteiger partial charge < -0.3 is 10.2 Å². The van der Waals surface area contributed by atoms with E-state index < -0.39 is 0 Å². The Morgan fingerprint density at radius 2 is 2.09 bits per heavy atom. The van der Waals surface area contributed by atoms with Gasteiger partial charge >= 0.3 is 0 Å². The van der Waals surface area contributed by atoms with Crippen molar-refractivity contribution in [3.8, 4) is 0 Å². The first-order valence-corrected chi connectivity index (χ1v) is 8.53. The van der Waals surface area contributed by atoms with Crippen molar-refractivity contribution in [1.29, 1.82) is 0 Å². The Morgan fingerprint density at radius 3 is 2.73 bits per heavy atom. The lowest BCUT2D eigenvalue weighted by atomic mass is 9.94. The number of nitrogens with one attached hydrogen (secondary N) is 1. The van der Waals surface area contributed by atoms with E-state index in [2.05, 4.69) is 48.7 Å². The maximum Gasteiger partial charge on any atom is 0.227 e. The van der Waals surface area contributed by atoms with Crippen LogP contribution < -0.4 is 10.2 Å². The van der Waals surface area contributed by atoms with Crippen molar-refractivity contribution in [3.63, 3.8) is 0 Å². The van der Waals surface area contributed by atoms with Gasteiger partial charge in [0.1, 0.15) is 0 Å². The van der Waals surface area contributed by atoms with Gasteiger partial charge in [0.05, 0.1) is 0 Å². The Morgan fingerprint density at radius 1 is 1.27 bits per heavy atom. The molecule has 1 aliphatic heterocycles. The lowest BCUT2D eigenvalue weighted by Crippen LogP contribution is -2.26. The number of carbonyl (C=O) groups is 1. The zero-order valence-corrected chi connectivity index (χ0v) is 13.4. The molecule has 1 aromatic carbocycles. The molecule has 1 saturated heterocycles. The van der Waals surface area contributed by atoms with Gasteiger partial charge in [-0.05, 0) is 62.8 Å². The van der Waals surface area contributed by atoms with Gasteiger partial charge in [-0.25, -0.2) is 0 Å². The second kappa shape index (κ2) is 7.10. The summed E-state index contributed by atoms with van der Waals surface area (Å²) in [4.78, 5) is 13.7. The number of anilines is 1. The van der Waals surface area contributed by atoms with E-state index in [4.69, 9.17) is 0 Å². The third kappa shape index (κ3) is 3.58. The molecule has 22 heavy (non-hydrogen) atoms. The van der Waals surface area contributed by atoms with Gasteiger partial charge in [-0.1, -0.05) is 24.3 Å². The van der Waals surface area contributed by atoms with E-state index >= 15 is 0 Å². The number of nitrogens with zero attached hydrogens (tertiary/aromatic N) is 1. The first kappa shape index (κ1) is 15.3. The molecule has 1 N–H and O–H groups in total. The Labute approximate surface area is 133 Å². The van der Waals surface area contributed by atoms with Crippen molar-refractivity contribution in [2.45, 2.75) is 45.1 Å². The summed E-state index contributed by atoms with van der Waals surface area (Å²) in [6.07, 6.45) is 9.99. The standard InChI is InChI=1S/C19H26N2O/c1-15(20-14-16-6-3-2-4-7-16)17-9-11-18(12-10-17)21-13-5-8-19(21)22/h2-3,9-12,15-16,20H,4-8,13-14H2,1H3. The first-order valence-electron chi connectivity index (χ1n) is 8.53. The van der Waals surface area contributed by atoms with E-state index in [9.17, 15) is 4.79 Å². The quantitative estimate of drug-likeness (QED) is 0.838. The van der Waals surface area contributed by atoms with Crippen LogP contribution in [0.15, 0.2) is 36.4 Å². The Balaban J connectivity index is 1.55. The fourth-order valence-corrected chi connectivity index (χ4v) is 3.37. The van der Waals surface area contributed by atoms with Crippen LogP contribution >= 0.6 is 0 Å². The molecule has 3 rings (SSSR count). The van der Waals surface area contributed by atoms with Crippen molar-refractivity contribution in [2.75, 3.05) is 18.0 Å². The number of rotatable bonds is 5. The third-order valence-corrected chi connectivity index (χ3v) is 4.87. The lowest BCUT2D eigenvalue weighted by molar-refractivity contribution is -0.117. The van der Waals surface area contributed by atoms with Crippen LogP contribution in [0.25, 0.3) is 0 Å². The van der Waals surface area contributed by atoms with Crippen molar-refractivity contribution >= 4 is 11.6 Å². The van der Waals surface area contributed by atoms with Crippen molar-refractivity contribution < 1.29 is 4.79 Å². The van der Waals surface area contributed by atoms with Crippen molar-refractivity contribution in [3.05, 3.63) is 42.0 Å². The smallest absolute Gasteiger partial charge is 0.227 e. The average molecular weight is 298 g/mol. The summed E-state index contributed by atoms with van der Waals surface area (Å²) in [5, 5.41) is 3.65. The Hall–Kier alpha value is -1.61. The van der Waals surface area contributed by atoms with E-state index in [1.165, 1.54) is 24.8 Å². The molecule has 1 amide bonds. The lowest BCUT2D eigenvalue weighted by Gasteiger charge is -2.22. The van der Waals surface area contributed by atoms with Crippen LogP contribution in [0.4, 0.5) is 5.69 Å². The highest BCUT2D eigenvalue weighted by molar-refractivity contribution is 5.95. The number of hydrogen-bond donors (Lipinski definition) is 1. The molecule has 118 valence electrons. The molecule has 1 heterocycles. The summed E-state index contributed by atoms with van der Waals surface area (Å²) in [5.41, 5.74) is 2.33. The molecule has 3 heteroatoms. The van der Waals surface area contributed by atoms with E-state index in [1.54, 1.807) is 0 Å². The van der Waals surface area contributed by atoms with Gasteiger partial charge in [-0.2, -0.15) is 0 Å². The largest absolute Gasteiger partial charge is 0.312 e. The van der Waals surface area contributed by atoms with Gasteiger partial charge in [0.25, 0.3) is 0 Å². The van der Waals surface area contributed by atoms with Gasteiger partial charge in [-0.15, -0.1) is 0 Å². The molecule has 0 radical (unpaired) electrons. The summed E-state index contributed by atoms with van der Waals surface area (Å²) >= 11 is 0. The zero-order chi connectivity index (χ0) is 15.4. The predicted octanol–water partition coefficient (Wildman–Crippen LogP) is 3.82. The van der Waals surface area contributed by atoms with Gasteiger partial charge in [0.2, 0.25) is 5.91 Å². The Bertz CT molecular complexity index is 535. The topological polar surface area (TPSA) is 32.3 Å². The van der Waals surface area contributed by atoms with Crippen molar-refractivity contribution in [2.24, 2.45) is 5.92 Å². The number of carbonyl (C=O) groups excluding carboxylic acids is 1. The van der Waals surface area contributed by atoms with E-state index in [0.717, 1.165) is 31.1 Å². The van der Waals surface area contributed by atoms with Crippen LogP contribution in [-0.2, 0) is 4.79 Å². The fraction of sp³-hybridized carbons (Fsp3) is 0.526. The van der Waals surface area contributed by atoms with Crippen LogP contribution in [0.2, 0.25) is 0 Å². The molecule has 0 aromatic heterocycles. The predicted molar refractivity (Wildman–Crippen MR) is 90.9 cm³/mol. The van der Waals surface area contributed by atoms with Crippen LogP contribution in [0.5, 0.6) is 0 Å². The highest BCUT2D eigenvalue weighted by Gasteiger charge is 2.21. The molecule has 2 unspecified atom stereocenters. The molecule has 0 bridgehead atoms. The number of allylic oxidation sites excluding steroid dienone is 2. The SMILES string of the molecule is CC(NCC1CC=CCC1)c1ccc(N2CCCC2=O)cc1. The number of hydrogen-bond acceptors (Lipinski definition) is 2. The highest BCUT2D eigenvalue weighted by atomic mass is 16.2. The highest BCUT2D eigenvalue weighted by Crippen LogP contribution is 2.24. The summed E-state index contributed by atoms with van der Waals surface area (Å²) in [5.74, 6) is 1.03. The number of amides is 1. The van der Waals surface area contributed by atoms with E-state index in [-0.39, 0.29) is 5.91 Å². The van der Waals surface area contributed by atoms with Gasteiger partial charge in [-0.3, -0.25) is 4.79 Å². The van der Waals surface area contributed by atoms with Gasteiger partial charge in [0.15, 0.2) is 0 Å². The molecule has 0 saturated carbocycles. The van der Waals surface area contributed by atoms with Crippen LogP contribution in [0.1, 0.15) is 50.6 Å². The summed E-state index contributed by atoms with van der Waals surface area (Å²) in [6.45, 7) is 4.16. The van der Waals surface area contributed by atoms with Crippen molar-refractivity contribution in [1.82, 2.24) is 5.32 Å². The number of benzene rings is 1. The minimum absolute atomic E-state index is 0.254. The molecule has 1 aromatic rings. The van der Waals surface area contributed by atoms with E-state index in [0.29, 0.717) is 12.5 Å². The molecule has 3 nitrogen and oxygen atoms in total. The molecule has 0 spiro atoms. The second-order valence-electron chi connectivity index (χ2n) is 6.52. The second-order valence-corrected chi connectivity index (χ2v) is 6.52. The maximum atomic E-state index is 11.8. The molecular weight excluding hydrogens is 272 g/mol. The van der Waals surface area contributed by atoms with Crippen LogP contribution in [-0.4, -0.2) is 19.0 Å². The molecule has 1 fully saturated rings. The van der Waals surface area contributed by atoms with Gasteiger partial charge in [0, 0.05) is 24.7 Å². The third-order valence-electron chi connectivity index (χ3n) is 4.87. The van der Waals surface area contributed by atoms with E-state index in [1.807, 2.05) is 4.90 Å². The summed E-state index contributed by atoms with van der Waals surface area (Å²) in [6, 6.07) is 8.83. The van der Waals surface area contributed by atoms with Crippen LogP contribution in [0.3, 0.4) is 0 Å². The Kier molecular flexibility index (Phi) is 4.94. The zero-order valence-electron chi connectivity index (χ0n) is 13.4. The summed E-state index contributed by atoms with van der Waals surface area (Å²) < 4.78 is 0. The fourth-order valence-electron chi connectivity index (χ4n) is 3.37. The molecule has 2 aliphatic rings.